The summed E-state index contributed by atoms with van der Waals surface area (Å²) in [6.07, 6.45) is 5.59. The van der Waals surface area contributed by atoms with Crippen molar-refractivity contribution in [2.75, 3.05) is 20.1 Å². The number of aromatic nitrogens is 2. The van der Waals surface area contributed by atoms with Gasteiger partial charge in [0.05, 0.1) is 10.5 Å². The molecule has 1 aliphatic heterocycles. The number of nitrogens with two attached hydrogens (primary N) is 1. The van der Waals surface area contributed by atoms with E-state index in [1.165, 1.54) is 30.9 Å². The maximum Gasteiger partial charge on any atom is 0.338 e. The number of hydrogen-bond acceptors (Lipinski definition) is 7. The van der Waals surface area contributed by atoms with Gasteiger partial charge in [-0.25, -0.2) is 32.3 Å². The molecule has 0 radical (unpaired) electrons. The van der Waals surface area contributed by atoms with Crippen molar-refractivity contribution in [3.63, 3.8) is 0 Å². The molecule has 1 unspecified atom stereocenters. The third-order valence-corrected chi connectivity index (χ3v) is 7.33. The molecule has 3 aromatic rings. The van der Waals surface area contributed by atoms with Crippen molar-refractivity contribution in [3.05, 3.63) is 77.9 Å². The van der Waals surface area contributed by atoms with Crippen molar-refractivity contribution in [2.45, 2.75) is 36.7 Å². The van der Waals surface area contributed by atoms with Crippen LogP contribution >= 0.6 is 0 Å². The first-order chi connectivity index (χ1) is 17.2. The Labute approximate surface area is 210 Å². The Kier molecular flexibility index (Phi) is 9.59. The molecular weight excluding hydrogens is 485 g/mol. The van der Waals surface area contributed by atoms with Gasteiger partial charge in [-0.2, -0.15) is 0 Å². The Balaban J connectivity index is 0.000000205. The number of sulfonamides is 1. The molecule has 0 amide bonds. The van der Waals surface area contributed by atoms with Gasteiger partial charge in [0, 0.05) is 37.1 Å². The first-order valence-electron chi connectivity index (χ1n) is 11.5. The number of carbonyl (C=O) groups is 1. The first kappa shape index (κ1) is 27.3. The highest BCUT2D eigenvalue weighted by Gasteiger charge is 2.21. The van der Waals surface area contributed by atoms with Crippen molar-refractivity contribution < 1.29 is 22.7 Å². The van der Waals surface area contributed by atoms with Gasteiger partial charge in [-0.05, 0) is 62.7 Å². The highest BCUT2D eigenvalue weighted by molar-refractivity contribution is 7.89. The fourth-order valence-electron chi connectivity index (χ4n) is 3.84. The van der Waals surface area contributed by atoms with Crippen molar-refractivity contribution in [1.82, 2.24) is 19.6 Å². The lowest BCUT2D eigenvalue weighted by Gasteiger charge is -2.19. The third kappa shape index (κ3) is 7.62. The van der Waals surface area contributed by atoms with E-state index < -0.39 is 16.0 Å². The fourth-order valence-corrected chi connectivity index (χ4v) is 4.96. The molecule has 11 heteroatoms. The molecule has 1 atom stereocenters. The third-order valence-electron chi connectivity index (χ3n) is 5.87. The zero-order valence-electron chi connectivity index (χ0n) is 20.0. The van der Waals surface area contributed by atoms with Crippen LogP contribution in [0.3, 0.4) is 0 Å². The number of rotatable bonds is 8. The summed E-state index contributed by atoms with van der Waals surface area (Å²) in [6.45, 7) is 1.93. The van der Waals surface area contributed by atoms with E-state index in [4.69, 9.17) is 10.8 Å². The largest absolute Gasteiger partial charge is 0.478 e. The van der Waals surface area contributed by atoms with Crippen LogP contribution < -0.4 is 10.5 Å². The Morgan fingerprint density at radius 1 is 1.19 bits per heavy atom. The molecule has 1 fully saturated rings. The number of hydrogen-bond donors (Lipinski definition) is 3. The average Bonchev–Trinajstić information content (AvgIpc) is 3.29. The number of halogens is 1. The van der Waals surface area contributed by atoms with Gasteiger partial charge in [-0.1, -0.05) is 24.3 Å². The molecule has 4 N–H and O–H groups in total. The summed E-state index contributed by atoms with van der Waals surface area (Å²) in [6, 6.07) is 13.1. The lowest BCUT2D eigenvalue weighted by Crippen LogP contribution is -2.31. The normalized spacial score (nSPS) is 15.8. The molecule has 2 heterocycles. The lowest BCUT2D eigenvalue weighted by molar-refractivity contribution is 0.0696. The van der Waals surface area contributed by atoms with E-state index in [0.717, 1.165) is 24.9 Å². The van der Waals surface area contributed by atoms with Crippen LogP contribution in [0.25, 0.3) is 11.4 Å². The predicted molar refractivity (Wildman–Crippen MR) is 134 cm³/mol. The van der Waals surface area contributed by atoms with Gasteiger partial charge in [-0.3, -0.25) is 0 Å². The van der Waals surface area contributed by atoms with Crippen LogP contribution in [0.5, 0.6) is 0 Å². The smallest absolute Gasteiger partial charge is 0.338 e. The number of carboxylic acids is 1. The van der Waals surface area contributed by atoms with E-state index in [2.05, 4.69) is 26.6 Å². The summed E-state index contributed by atoms with van der Waals surface area (Å²) in [5.74, 6) is -1.18. The van der Waals surface area contributed by atoms with Gasteiger partial charge in [0.25, 0.3) is 0 Å². The Morgan fingerprint density at radius 2 is 1.92 bits per heavy atom. The van der Waals surface area contributed by atoms with Crippen LogP contribution in [-0.2, 0) is 16.6 Å². The molecule has 1 aliphatic rings. The molecular formula is C25H30FN5O4S. The number of nitrogens with one attached hydrogen (secondary N) is 1. The Bertz CT molecular complexity index is 1270. The standard InChI is InChI=1S/C14H23N3O2S.C11H7FN2O2/c1-17-9-3-5-13(17)7-8-16-20(18,19)14-6-2-4-12(10-14)11-15;12-9-3-1-2-7(4-9)10-13-5-8(6-14-10)11(15)16/h2,4,6,10,13,16H,3,5,7-9,11,15H2,1H3;1-6H,(H,15,16). The van der Waals surface area contributed by atoms with E-state index in [9.17, 15) is 17.6 Å². The van der Waals surface area contributed by atoms with Crippen molar-refractivity contribution in [3.8, 4) is 11.4 Å². The zero-order valence-corrected chi connectivity index (χ0v) is 20.8. The number of nitrogens with zero attached hydrogens (tertiary/aromatic N) is 3. The van der Waals surface area contributed by atoms with E-state index in [0.29, 0.717) is 35.4 Å². The van der Waals surface area contributed by atoms with E-state index >= 15 is 0 Å². The minimum absolute atomic E-state index is 0.000142. The van der Waals surface area contributed by atoms with E-state index in [-0.39, 0.29) is 11.4 Å². The SMILES string of the molecule is CN1CCCC1CCNS(=O)(=O)c1cccc(CN)c1.O=C(O)c1cnc(-c2cccc(F)c2)nc1. The van der Waals surface area contributed by atoms with Gasteiger partial charge >= 0.3 is 5.97 Å². The summed E-state index contributed by atoms with van der Waals surface area (Å²) in [5, 5.41) is 8.65. The number of carboxylic acid groups (broad SMARTS) is 1. The number of likely N-dealkylation sites (tertiary alicyclic amines) is 1. The Hall–Kier alpha value is -3.25. The second-order valence-electron chi connectivity index (χ2n) is 8.43. The highest BCUT2D eigenvalue weighted by Crippen LogP contribution is 2.18. The van der Waals surface area contributed by atoms with Gasteiger partial charge in [0.15, 0.2) is 5.82 Å². The molecule has 9 nitrogen and oxygen atoms in total. The minimum atomic E-state index is -3.43. The van der Waals surface area contributed by atoms with Gasteiger partial charge in [0.1, 0.15) is 5.82 Å². The fraction of sp³-hybridized carbons (Fsp3) is 0.320. The van der Waals surface area contributed by atoms with Crippen LogP contribution in [0.15, 0.2) is 65.8 Å². The predicted octanol–water partition coefficient (Wildman–Crippen LogP) is 2.89. The van der Waals surface area contributed by atoms with E-state index in [1.807, 2.05) is 6.07 Å². The van der Waals surface area contributed by atoms with Gasteiger partial charge in [-0.15, -0.1) is 0 Å². The monoisotopic (exact) mass is 515 g/mol. The molecule has 4 rings (SSSR count). The Morgan fingerprint density at radius 3 is 2.53 bits per heavy atom. The number of aromatic carboxylic acids is 1. The first-order valence-corrected chi connectivity index (χ1v) is 13.0. The van der Waals surface area contributed by atoms with Crippen molar-refractivity contribution in [2.24, 2.45) is 5.73 Å². The second-order valence-corrected chi connectivity index (χ2v) is 10.2. The van der Waals surface area contributed by atoms with Crippen molar-refractivity contribution in [1.29, 1.82) is 0 Å². The van der Waals surface area contributed by atoms with Crippen molar-refractivity contribution >= 4 is 16.0 Å². The minimum Gasteiger partial charge on any atom is -0.478 e. The molecule has 0 bridgehead atoms. The van der Waals surface area contributed by atoms with Gasteiger partial charge < -0.3 is 15.7 Å². The molecule has 36 heavy (non-hydrogen) atoms. The maximum absolute atomic E-state index is 12.9. The average molecular weight is 516 g/mol. The summed E-state index contributed by atoms with van der Waals surface area (Å²) >= 11 is 0. The summed E-state index contributed by atoms with van der Waals surface area (Å²) in [5.41, 5.74) is 6.87. The van der Waals surface area contributed by atoms with Crippen LogP contribution in [0, 0.1) is 5.82 Å². The maximum atomic E-state index is 12.9. The molecule has 192 valence electrons. The van der Waals surface area contributed by atoms with Gasteiger partial charge in [0.2, 0.25) is 10.0 Å². The molecule has 0 saturated carbocycles. The lowest BCUT2D eigenvalue weighted by atomic mass is 10.1. The molecule has 2 aromatic carbocycles. The summed E-state index contributed by atoms with van der Waals surface area (Å²) in [4.78, 5) is 20.9. The van der Waals surface area contributed by atoms with Crippen LogP contribution in [0.1, 0.15) is 35.2 Å². The molecule has 0 aliphatic carbocycles. The van der Waals surface area contributed by atoms with E-state index in [1.54, 1.807) is 30.3 Å². The molecule has 1 aromatic heterocycles. The highest BCUT2D eigenvalue weighted by atomic mass is 32.2. The zero-order chi connectivity index (χ0) is 26.1. The summed E-state index contributed by atoms with van der Waals surface area (Å²) in [7, 11) is -1.33. The quantitative estimate of drug-likeness (QED) is 0.416. The summed E-state index contributed by atoms with van der Waals surface area (Å²) < 4.78 is 40.0. The van der Waals surface area contributed by atoms with Crippen LogP contribution in [-0.4, -0.2) is 60.5 Å². The van der Waals surface area contributed by atoms with Crippen LogP contribution in [0.4, 0.5) is 4.39 Å². The second kappa shape index (κ2) is 12.6. The number of benzene rings is 2. The van der Waals surface area contributed by atoms with Crippen LogP contribution in [0.2, 0.25) is 0 Å². The molecule has 1 saturated heterocycles. The topological polar surface area (TPSA) is 139 Å². The molecule has 0 spiro atoms.